The van der Waals surface area contributed by atoms with Gasteiger partial charge in [0.1, 0.15) is 6.04 Å². The van der Waals surface area contributed by atoms with Crippen LogP contribution in [0.5, 0.6) is 0 Å². The molecule has 1 fully saturated rings. The maximum absolute atomic E-state index is 12.1. The minimum atomic E-state index is -0.918. The Balaban J connectivity index is 2.08. The molecule has 0 spiro atoms. The number of aryl methyl sites for hydroxylation is 1. The summed E-state index contributed by atoms with van der Waals surface area (Å²) in [6.45, 7) is 2.43. The lowest BCUT2D eigenvalue weighted by molar-refractivity contribution is -0.148. The van der Waals surface area contributed by atoms with Crippen molar-refractivity contribution < 1.29 is 14.7 Å². The molecule has 0 bridgehead atoms. The minimum absolute atomic E-state index is 0.151. The normalized spacial score (nSPS) is 18.9. The first-order valence-electron chi connectivity index (χ1n) is 6.02. The van der Waals surface area contributed by atoms with E-state index in [-0.39, 0.29) is 12.3 Å². The molecule has 1 aromatic heterocycles. The van der Waals surface area contributed by atoms with Crippen molar-refractivity contribution in [3.8, 4) is 0 Å². The van der Waals surface area contributed by atoms with Gasteiger partial charge in [0.2, 0.25) is 5.91 Å². The highest BCUT2D eigenvalue weighted by molar-refractivity contribution is 5.85. The van der Waals surface area contributed by atoms with Gasteiger partial charge < -0.3 is 10.0 Å². The number of amides is 1. The molecular weight excluding hydrogens is 232 g/mol. The fourth-order valence-electron chi connectivity index (χ4n) is 2.27. The number of carbonyl (C=O) groups excluding carboxylic acids is 1. The molecule has 0 aromatic carbocycles. The Labute approximate surface area is 105 Å². The van der Waals surface area contributed by atoms with Crippen LogP contribution in [0.25, 0.3) is 0 Å². The van der Waals surface area contributed by atoms with Crippen molar-refractivity contribution in [1.82, 2.24) is 9.88 Å². The van der Waals surface area contributed by atoms with Crippen LogP contribution < -0.4 is 0 Å². The van der Waals surface area contributed by atoms with Crippen molar-refractivity contribution in [3.05, 3.63) is 29.6 Å². The number of aromatic nitrogens is 1. The first-order chi connectivity index (χ1) is 8.59. The number of hydrogen-bond donors (Lipinski definition) is 1. The van der Waals surface area contributed by atoms with Crippen LogP contribution in [-0.4, -0.2) is 39.5 Å². The van der Waals surface area contributed by atoms with E-state index in [1.165, 1.54) is 4.90 Å². The maximum Gasteiger partial charge on any atom is 0.326 e. The third kappa shape index (κ3) is 2.50. The van der Waals surface area contributed by atoms with E-state index in [9.17, 15) is 9.59 Å². The molecule has 18 heavy (non-hydrogen) atoms. The number of hydrogen-bond acceptors (Lipinski definition) is 3. The highest BCUT2D eigenvalue weighted by Crippen LogP contribution is 2.19. The summed E-state index contributed by atoms with van der Waals surface area (Å²) in [5.41, 5.74) is 1.68. The van der Waals surface area contributed by atoms with E-state index in [1.54, 1.807) is 6.20 Å². The standard InChI is InChI=1S/C13H16N2O3/c1-9-4-2-6-14-10(9)8-12(16)15-7-3-5-11(15)13(17)18/h2,4,6,11H,3,5,7-8H2,1H3,(H,17,18). The zero-order valence-electron chi connectivity index (χ0n) is 10.3. The van der Waals surface area contributed by atoms with Gasteiger partial charge in [-0.1, -0.05) is 6.07 Å². The quantitative estimate of drug-likeness (QED) is 0.866. The Kier molecular flexibility index (Phi) is 3.60. The van der Waals surface area contributed by atoms with Gasteiger partial charge in [-0.05, 0) is 31.4 Å². The molecule has 1 N–H and O–H groups in total. The molecule has 1 atom stereocenters. The molecule has 2 rings (SSSR count). The van der Waals surface area contributed by atoms with E-state index in [4.69, 9.17) is 5.11 Å². The molecule has 1 unspecified atom stereocenters. The van der Waals surface area contributed by atoms with Gasteiger partial charge in [-0.15, -0.1) is 0 Å². The third-order valence-electron chi connectivity index (χ3n) is 3.29. The van der Waals surface area contributed by atoms with Crippen molar-refractivity contribution in [2.24, 2.45) is 0 Å². The Morgan fingerprint density at radius 3 is 3.00 bits per heavy atom. The molecular formula is C13H16N2O3. The van der Waals surface area contributed by atoms with E-state index in [1.807, 2.05) is 19.1 Å². The number of nitrogens with zero attached hydrogens (tertiary/aromatic N) is 2. The highest BCUT2D eigenvalue weighted by Gasteiger charge is 2.33. The first-order valence-corrected chi connectivity index (χ1v) is 6.02. The number of likely N-dealkylation sites (tertiary alicyclic amines) is 1. The maximum atomic E-state index is 12.1. The smallest absolute Gasteiger partial charge is 0.326 e. The summed E-state index contributed by atoms with van der Waals surface area (Å²) in [7, 11) is 0. The van der Waals surface area contributed by atoms with Crippen molar-refractivity contribution in [2.45, 2.75) is 32.2 Å². The molecule has 0 saturated carbocycles. The Hall–Kier alpha value is -1.91. The molecule has 1 saturated heterocycles. The zero-order chi connectivity index (χ0) is 13.1. The summed E-state index contributed by atoms with van der Waals surface area (Å²) in [5, 5.41) is 9.04. The number of pyridine rings is 1. The van der Waals surface area contributed by atoms with Crippen LogP contribution in [0.2, 0.25) is 0 Å². The van der Waals surface area contributed by atoms with Crippen LogP contribution >= 0.6 is 0 Å². The second-order valence-corrected chi connectivity index (χ2v) is 4.53. The number of rotatable bonds is 3. The largest absolute Gasteiger partial charge is 0.480 e. The highest BCUT2D eigenvalue weighted by atomic mass is 16.4. The molecule has 1 aliphatic rings. The number of carboxylic acid groups (broad SMARTS) is 1. The van der Waals surface area contributed by atoms with Crippen molar-refractivity contribution in [3.63, 3.8) is 0 Å². The average Bonchev–Trinajstić information content (AvgIpc) is 2.81. The predicted octanol–water partition coefficient (Wildman–Crippen LogP) is 1.01. The van der Waals surface area contributed by atoms with E-state index >= 15 is 0 Å². The average molecular weight is 248 g/mol. The van der Waals surface area contributed by atoms with Crippen molar-refractivity contribution in [2.75, 3.05) is 6.54 Å². The Morgan fingerprint density at radius 1 is 1.56 bits per heavy atom. The fraction of sp³-hybridized carbons (Fsp3) is 0.462. The molecule has 96 valence electrons. The van der Waals surface area contributed by atoms with Crippen LogP contribution in [0.4, 0.5) is 0 Å². The van der Waals surface area contributed by atoms with Gasteiger partial charge >= 0.3 is 5.97 Å². The number of carboxylic acids is 1. The molecule has 1 aliphatic heterocycles. The second kappa shape index (κ2) is 5.16. The fourth-order valence-corrected chi connectivity index (χ4v) is 2.27. The van der Waals surface area contributed by atoms with Gasteiger partial charge in [0.05, 0.1) is 12.1 Å². The van der Waals surface area contributed by atoms with E-state index in [2.05, 4.69) is 4.98 Å². The minimum Gasteiger partial charge on any atom is -0.480 e. The molecule has 2 heterocycles. The molecule has 1 amide bonds. The molecule has 0 aliphatic carbocycles. The molecule has 5 nitrogen and oxygen atoms in total. The summed E-state index contributed by atoms with van der Waals surface area (Å²) in [5.74, 6) is -1.07. The predicted molar refractivity (Wildman–Crippen MR) is 65.0 cm³/mol. The van der Waals surface area contributed by atoms with Gasteiger partial charge in [0.15, 0.2) is 0 Å². The Bertz CT molecular complexity index is 473. The lowest BCUT2D eigenvalue weighted by atomic mass is 10.1. The van der Waals surface area contributed by atoms with Crippen molar-refractivity contribution in [1.29, 1.82) is 0 Å². The number of carbonyl (C=O) groups is 2. The first kappa shape index (κ1) is 12.5. The van der Waals surface area contributed by atoms with Crippen LogP contribution in [0.3, 0.4) is 0 Å². The van der Waals surface area contributed by atoms with Crippen LogP contribution in [-0.2, 0) is 16.0 Å². The van der Waals surface area contributed by atoms with Crippen LogP contribution in [0, 0.1) is 6.92 Å². The summed E-state index contributed by atoms with van der Waals surface area (Å²) in [6, 6.07) is 3.05. The monoisotopic (exact) mass is 248 g/mol. The third-order valence-corrected chi connectivity index (χ3v) is 3.29. The van der Waals surface area contributed by atoms with Gasteiger partial charge in [-0.2, -0.15) is 0 Å². The second-order valence-electron chi connectivity index (χ2n) is 4.53. The lowest BCUT2D eigenvalue weighted by Crippen LogP contribution is -2.41. The van der Waals surface area contributed by atoms with Gasteiger partial charge in [-0.25, -0.2) is 4.79 Å². The molecule has 1 aromatic rings. The van der Waals surface area contributed by atoms with Gasteiger partial charge in [0, 0.05) is 12.7 Å². The summed E-state index contributed by atoms with van der Waals surface area (Å²) in [6.07, 6.45) is 3.12. The Morgan fingerprint density at radius 2 is 2.33 bits per heavy atom. The topological polar surface area (TPSA) is 70.5 Å². The summed E-state index contributed by atoms with van der Waals surface area (Å²) in [4.78, 5) is 28.8. The van der Waals surface area contributed by atoms with Crippen LogP contribution in [0.1, 0.15) is 24.1 Å². The summed E-state index contributed by atoms with van der Waals surface area (Å²) < 4.78 is 0. The van der Waals surface area contributed by atoms with E-state index in [0.29, 0.717) is 13.0 Å². The zero-order valence-corrected chi connectivity index (χ0v) is 10.3. The van der Waals surface area contributed by atoms with E-state index < -0.39 is 12.0 Å². The van der Waals surface area contributed by atoms with Gasteiger partial charge in [-0.3, -0.25) is 9.78 Å². The molecule has 5 heteroatoms. The van der Waals surface area contributed by atoms with Gasteiger partial charge in [0.25, 0.3) is 0 Å². The van der Waals surface area contributed by atoms with Crippen LogP contribution in [0.15, 0.2) is 18.3 Å². The lowest BCUT2D eigenvalue weighted by Gasteiger charge is -2.21. The summed E-state index contributed by atoms with van der Waals surface area (Å²) >= 11 is 0. The van der Waals surface area contributed by atoms with E-state index in [0.717, 1.165) is 17.7 Å². The van der Waals surface area contributed by atoms with Crippen molar-refractivity contribution >= 4 is 11.9 Å². The SMILES string of the molecule is Cc1cccnc1CC(=O)N1CCCC1C(=O)O. The molecule has 0 radical (unpaired) electrons. The number of aliphatic carboxylic acids is 1.